The molecule has 6 nitrogen and oxygen atoms in total. The van der Waals surface area contributed by atoms with Crippen molar-refractivity contribution < 1.29 is 14.3 Å². The predicted octanol–water partition coefficient (Wildman–Crippen LogP) is 3.32. The van der Waals surface area contributed by atoms with Crippen molar-refractivity contribution in [1.29, 1.82) is 0 Å². The van der Waals surface area contributed by atoms with Crippen LogP contribution in [0.3, 0.4) is 0 Å². The van der Waals surface area contributed by atoms with Gasteiger partial charge < -0.3 is 14.4 Å². The van der Waals surface area contributed by atoms with E-state index >= 15 is 0 Å². The number of amides is 1. The highest BCUT2D eigenvalue weighted by Gasteiger charge is 2.52. The lowest BCUT2D eigenvalue weighted by molar-refractivity contribution is -0.147. The van der Waals surface area contributed by atoms with Gasteiger partial charge in [0.15, 0.2) is 0 Å². The van der Waals surface area contributed by atoms with Crippen LogP contribution in [-0.2, 0) is 4.74 Å². The van der Waals surface area contributed by atoms with Gasteiger partial charge in [-0.25, -0.2) is 0 Å². The predicted molar refractivity (Wildman–Crippen MR) is 103 cm³/mol. The molecule has 0 bridgehead atoms. The van der Waals surface area contributed by atoms with Crippen molar-refractivity contribution in [3.8, 4) is 5.75 Å². The molecule has 1 aromatic heterocycles. The minimum Gasteiger partial charge on any atom is -0.486 e. The molecule has 146 valence electrons. The van der Waals surface area contributed by atoms with E-state index in [4.69, 9.17) is 9.47 Å². The third-order valence-corrected chi connectivity index (χ3v) is 6.52. The van der Waals surface area contributed by atoms with Crippen LogP contribution in [0, 0.1) is 12.8 Å². The van der Waals surface area contributed by atoms with Crippen molar-refractivity contribution in [1.82, 2.24) is 15.1 Å². The Hall–Kier alpha value is -2.47. The lowest BCUT2D eigenvalue weighted by Crippen LogP contribution is -2.57. The molecule has 5 rings (SSSR count). The highest BCUT2D eigenvalue weighted by atomic mass is 16.5. The number of likely N-dealkylation sites (tertiary alicyclic amines) is 1. The van der Waals surface area contributed by atoms with E-state index in [1.165, 1.54) is 17.3 Å². The number of nitrogens with zero attached hydrogens (tertiary/aromatic N) is 3. The molecule has 0 aliphatic carbocycles. The summed E-state index contributed by atoms with van der Waals surface area (Å²) in [6, 6.07) is 8.15. The zero-order chi connectivity index (χ0) is 19.1. The lowest BCUT2D eigenvalue weighted by atomic mass is 9.70. The molecular formula is C22H25N3O3. The van der Waals surface area contributed by atoms with E-state index in [1.54, 1.807) is 12.3 Å². The van der Waals surface area contributed by atoms with Gasteiger partial charge in [0, 0.05) is 44.0 Å². The van der Waals surface area contributed by atoms with Crippen molar-refractivity contribution in [2.75, 3.05) is 19.7 Å². The maximum atomic E-state index is 12.8. The van der Waals surface area contributed by atoms with Crippen molar-refractivity contribution in [2.24, 2.45) is 5.92 Å². The van der Waals surface area contributed by atoms with Crippen LogP contribution in [0.2, 0.25) is 0 Å². The summed E-state index contributed by atoms with van der Waals surface area (Å²) in [5, 5.41) is 7.59. The Bertz CT molecular complexity index is 878. The van der Waals surface area contributed by atoms with E-state index in [0.29, 0.717) is 24.6 Å². The van der Waals surface area contributed by atoms with Crippen LogP contribution >= 0.6 is 0 Å². The van der Waals surface area contributed by atoms with Crippen LogP contribution in [-0.4, -0.2) is 46.3 Å². The van der Waals surface area contributed by atoms with Crippen molar-refractivity contribution in [2.45, 2.75) is 44.3 Å². The summed E-state index contributed by atoms with van der Waals surface area (Å²) in [6.45, 7) is 4.27. The van der Waals surface area contributed by atoms with Crippen molar-refractivity contribution >= 4 is 5.91 Å². The van der Waals surface area contributed by atoms with Gasteiger partial charge in [-0.3, -0.25) is 4.79 Å². The first-order chi connectivity index (χ1) is 13.7. The molecule has 1 amide bonds. The second-order valence-electron chi connectivity index (χ2n) is 8.17. The lowest BCUT2D eigenvalue weighted by Gasteiger charge is -2.53. The zero-order valence-corrected chi connectivity index (χ0v) is 16.1. The Morgan fingerprint density at radius 3 is 2.86 bits per heavy atom. The van der Waals surface area contributed by atoms with Crippen LogP contribution in [0.1, 0.15) is 53.3 Å². The first kappa shape index (κ1) is 17.6. The minimum atomic E-state index is -0.251. The van der Waals surface area contributed by atoms with E-state index in [0.717, 1.165) is 38.0 Å². The summed E-state index contributed by atoms with van der Waals surface area (Å²) in [6.07, 6.45) is 7.04. The topological polar surface area (TPSA) is 64.5 Å². The van der Waals surface area contributed by atoms with E-state index in [1.807, 2.05) is 4.90 Å². The number of rotatable bonds is 1. The summed E-state index contributed by atoms with van der Waals surface area (Å²) in [5.41, 5.74) is 2.72. The number of aryl methyl sites for hydroxylation is 1. The van der Waals surface area contributed by atoms with Gasteiger partial charge in [-0.2, -0.15) is 10.2 Å². The molecule has 2 fully saturated rings. The number of carbonyl (C=O) groups excluding carboxylic acids is 1. The molecule has 4 heterocycles. The number of aromatic nitrogens is 2. The van der Waals surface area contributed by atoms with Crippen LogP contribution in [0.15, 0.2) is 36.7 Å². The SMILES string of the molecule is Cc1ccc2c(c1)OC1(CCN(C(=O)c3ccnnc3)CC1)[C@H]1CCCO[C@H]21. The van der Waals surface area contributed by atoms with E-state index in [2.05, 4.69) is 35.3 Å². The second-order valence-corrected chi connectivity index (χ2v) is 8.17. The van der Waals surface area contributed by atoms with Gasteiger partial charge in [-0.15, -0.1) is 0 Å². The number of fused-ring (bicyclic) bond motifs is 4. The zero-order valence-electron chi connectivity index (χ0n) is 16.1. The number of piperidine rings is 1. The van der Waals surface area contributed by atoms with Crippen molar-refractivity contribution in [3.05, 3.63) is 53.3 Å². The van der Waals surface area contributed by atoms with Gasteiger partial charge in [-0.1, -0.05) is 12.1 Å². The quantitative estimate of drug-likeness (QED) is 0.761. The Balaban J connectivity index is 1.40. The van der Waals surface area contributed by atoms with Gasteiger partial charge in [0.25, 0.3) is 5.91 Å². The summed E-state index contributed by atoms with van der Waals surface area (Å²) >= 11 is 0. The average molecular weight is 379 g/mol. The highest BCUT2D eigenvalue weighted by Crippen LogP contribution is 2.53. The van der Waals surface area contributed by atoms with Gasteiger partial charge >= 0.3 is 0 Å². The summed E-state index contributed by atoms with van der Waals surface area (Å²) < 4.78 is 12.9. The van der Waals surface area contributed by atoms with Crippen molar-refractivity contribution in [3.63, 3.8) is 0 Å². The molecular weight excluding hydrogens is 354 g/mol. The first-order valence-corrected chi connectivity index (χ1v) is 10.1. The van der Waals surface area contributed by atoms with Gasteiger partial charge in [-0.05, 0) is 37.5 Å². The molecule has 0 radical (unpaired) electrons. The normalized spacial score (nSPS) is 25.5. The molecule has 2 aromatic rings. The first-order valence-electron chi connectivity index (χ1n) is 10.1. The Labute approximate surface area is 164 Å². The minimum absolute atomic E-state index is 0.0215. The monoisotopic (exact) mass is 379 g/mol. The standard InChI is InChI=1S/C22H25N3O3/c1-15-4-5-17-19(13-15)28-22(18-3-2-12-27-20(17)18)7-10-25(11-8-22)21(26)16-6-9-23-24-14-16/h4-6,9,13-14,18,20H,2-3,7-8,10-12H2,1H3/t18-,20+/m0/s1. The molecule has 6 heteroatoms. The molecule has 0 N–H and O–H groups in total. The maximum absolute atomic E-state index is 12.8. The third kappa shape index (κ3) is 2.87. The third-order valence-electron chi connectivity index (χ3n) is 6.52. The van der Waals surface area contributed by atoms with Crippen LogP contribution < -0.4 is 4.74 Å². The van der Waals surface area contributed by atoms with Gasteiger partial charge in [0.1, 0.15) is 11.4 Å². The van der Waals surface area contributed by atoms with E-state index in [-0.39, 0.29) is 17.6 Å². The largest absolute Gasteiger partial charge is 0.486 e. The summed E-state index contributed by atoms with van der Waals surface area (Å²) in [4.78, 5) is 14.7. The van der Waals surface area contributed by atoms with Crippen LogP contribution in [0.5, 0.6) is 5.75 Å². The Morgan fingerprint density at radius 1 is 1.21 bits per heavy atom. The molecule has 3 aliphatic rings. The average Bonchev–Trinajstić information content (AvgIpc) is 2.74. The van der Waals surface area contributed by atoms with Crippen LogP contribution in [0.4, 0.5) is 0 Å². The fourth-order valence-electron chi connectivity index (χ4n) is 5.05. The highest BCUT2D eigenvalue weighted by molar-refractivity contribution is 5.93. The van der Waals surface area contributed by atoms with Gasteiger partial charge in [0.2, 0.25) is 0 Å². The number of hydrogen-bond donors (Lipinski definition) is 0. The number of benzene rings is 1. The molecule has 28 heavy (non-hydrogen) atoms. The maximum Gasteiger partial charge on any atom is 0.255 e. The fourth-order valence-corrected chi connectivity index (χ4v) is 5.05. The molecule has 1 spiro atoms. The molecule has 2 atom stereocenters. The molecule has 1 aromatic carbocycles. The molecule has 0 unspecified atom stereocenters. The second kappa shape index (κ2) is 6.85. The molecule has 3 aliphatic heterocycles. The smallest absolute Gasteiger partial charge is 0.255 e. The van der Waals surface area contributed by atoms with E-state index < -0.39 is 0 Å². The number of hydrogen-bond acceptors (Lipinski definition) is 5. The fraction of sp³-hybridized carbons (Fsp3) is 0.500. The summed E-state index contributed by atoms with van der Waals surface area (Å²) in [7, 11) is 0. The Kier molecular flexibility index (Phi) is 4.31. The molecule has 2 saturated heterocycles. The number of carbonyl (C=O) groups is 1. The summed E-state index contributed by atoms with van der Waals surface area (Å²) in [5.74, 6) is 1.32. The Morgan fingerprint density at radius 2 is 2.07 bits per heavy atom. The van der Waals surface area contributed by atoms with Gasteiger partial charge in [0.05, 0.1) is 24.1 Å². The number of ether oxygens (including phenoxy) is 2. The molecule has 0 saturated carbocycles. The van der Waals surface area contributed by atoms with Crippen LogP contribution in [0.25, 0.3) is 0 Å². The van der Waals surface area contributed by atoms with E-state index in [9.17, 15) is 4.79 Å².